The van der Waals surface area contributed by atoms with Crippen LogP contribution in [-0.2, 0) is 9.53 Å². The highest BCUT2D eigenvalue weighted by atomic mass is 32.1. The molecule has 2 N–H and O–H groups in total. The van der Waals surface area contributed by atoms with Gasteiger partial charge in [-0.1, -0.05) is 77.2 Å². The fraction of sp³-hybridized carbons (Fsp3) is 0.667. The smallest absolute Gasteiger partial charge is 0.226 e. The number of carbonyl (C=O) groups is 1. The maximum atomic E-state index is 12.1. The number of amides is 1. The minimum atomic E-state index is -0.0316. The molecule has 0 atom stereocenters. The van der Waals surface area contributed by atoms with Crippen LogP contribution in [0.25, 0.3) is 0 Å². The van der Waals surface area contributed by atoms with Gasteiger partial charge in [0.2, 0.25) is 5.91 Å². The summed E-state index contributed by atoms with van der Waals surface area (Å²) >= 11 is 5.25. The van der Waals surface area contributed by atoms with Crippen molar-refractivity contribution in [2.24, 2.45) is 0 Å². The van der Waals surface area contributed by atoms with Crippen LogP contribution in [0, 0.1) is 0 Å². The molecule has 0 unspecified atom stereocenters. The molecule has 0 spiro atoms. The van der Waals surface area contributed by atoms with Gasteiger partial charge in [0.1, 0.15) is 12.4 Å². The first kappa shape index (κ1) is 26.4. The number of nitrogens with one attached hydrogen (secondary N) is 2. The lowest BCUT2D eigenvalue weighted by Crippen LogP contribution is -2.33. The van der Waals surface area contributed by atoms with Gasteiger partial charge in [-0.05, 0) is 30.8 Å². The Labute approximate surface area is 188 Å². The number of unbranched alkanes of at least 4 members (excludes halogenated alkanes) is 10. The number of thiocarbonyl (C=S) groups is 1. The monoisotopic (exact) mass is 436 g/mol. The second-order valence-corrected chi connectivity index (χ2v) is 8.07. The number of hydrogen-bond donors (Lipinski definition) is 2. The van der Waals surface area contributed by atoms with Crippen molar-refractivity contribution < 1.29 is 14.3 Å². The second-order valence-electron chi connectivity index (χ2n) is 7.66. The van der Waals surface area contributed by atoms with Crippen LogP contribution in [-0.4, -0.2) is 31.3 Å². The first-order valence-electron chi connectivity index (χ1n) is 11.5. The molecule has 1 amide bonds. The van der Waals surface area contributed by atoms with Crippen LogP contribution in [0.15, 0.2) is 24.3 Å². The Morgan fingerprint density at radius 3 is 2.20 bits per heavy atom. The van der Waals surface area contributed by atoms with Gasteiger partial charge in [-0.25, -0.2) is 0 Å². The lowest BCUT2D eigenvalue weighted by atomic mass is 10.1. The summed E-state index contributed by atoms with van der Waals surface area (Å²) < 4.78 is 10.6. The number of benzene rings is 1. The Bertz CT molecular complexity index is 596. The minimum Gasteiger partial charge on any atom is -0.491 e. The predicted octanol–water partition coefficient (Wildman–Crippen LogP) is 6.23. The molecule has 0 radical (unpaired) electrons. The van der Waals surface area contributed by atoms with E-state index in [4.69, 9.17) is 21.7 Å². The van der Waals surface area contributed by atoms with Gasteiger partial charge in [0.15, 0.2) is 5.11 Å². The van der Waals surface area contributed by atoms with Crippen molar-refractivity contribution in [3.8, 4) is 5.75 Å². The van der Waals surface area contributed by atoms with Crippen molar-refractivity contribution >= 4 is 28.9 Å². The van der Waals surface area contributed by atoms with Crippen molar-refractivity contribution in [1.29, 1.82) is 0 Å². The zero-order valence-electron chi connectivity index (χ0n) is 18.8. The van der Waals surface area contributed by atoms with Crippen LogP contribution >= 0.6 is 12.2 Å². The van der Waals surface area contributed by atoms with E-state index >= 15 is 0 Å². The highest BCUT2D eigenvalue weighted by Gasteiger charge is 2.05. The highest BCUT2D eigenvalue weighted by molar-refractivity contribution is 7.80. The summed E-state index contributed by atoms with van der Waals surface area (Å²) in [5.74, 6) is 0.697. The fourth-order valence-electron chi connectivity index (χ4n) is 3.21. The molecule has 0 saturated heterocycles. The average Bonchev–Trinajstić information content (AvgIpc) is 2.72. The zero-order chi connectivity index (χ0) is 21.9. The van der Waals surface area contributed by atoms with Crippen LogP contribution in [0.4, 0.5) is 5.69 Å². The third-order valence-electron chi connectivity index (χ3n) is 4.91. The SMILES string of the molecule is CCCCCCCCCCCCCC(=O)NC(=S)Nc1cccc(OCCOC)c1. The summed E-state index contributed by atoms with van der Waals surface area (Å²) in [7, 11) is 1.64. The molecule has 0 fully saturated rings. The van der Waals surface area contributed by atoms with E-state index < -0.39 is 0 Å². The lowest BCUT2D eigenvalue weighted by molar-refractivity contribution is -0.119. The molecule has 0 heterocycles. The molecular formula is C24H40N2O3S. The highest BCUT2D eigenvalue weighted by Crippen LogP contribution is 2.17. The maximum Gasteiger partial charge on any atom is 0.226 e. The van der Waals surface area contributed by atoms with Gasteiger partial charge < -0.3 is 20.1 Å². The molecule has 0 saturated carbocycles. The Morgan fingerprint density at radius 1 is 0.933 bits per heavy atom. The number of hydrogen-bond acceptors (Lipinski definition) is 4. The summed E-state index contributed by atoms with van der Waals surface area (Å²) in [4.78, 5) is 12.1. The Morgan fingerprint density at radius 2 is 1.57 bits per heavy atom. The molecule has 1 aromatic rings. The molecule has 0 bridgehead atoms. The van der Waals surface area contributed by atoms with Crippen molar-refractivity contribution in [2.45, 2.75) is 84.0 Å². The van der Waals surface area contributed by atoms with E-state index in [-0.39, 0.29) is 5.91 Å². The number of ether oxygens (including phenoxy) is 2. The number of anilines is 1. The molecule has 0 aliphatic rings. The average molecular weight is 437 g/mol. The maximum absolute atomic E-state index is 12.1. The van der Waals surface area contributed by atoms with Gasteiger partial charge >= 0.3 is 0 Å². The van der Waals surface area contributed by atoms with Crippen LogP contribution in [0.1, 0.15) is 84.0 Å². The largest absolute Gasteiger partial charge is 0.491 e. The van der Waals surface area contributed by atoms with E-state index in [1.54, 1.807) is 7.11 Å². The summed E-state index contributed by atoms with van der Waals surface area (Å²) in [6.07, 6.45) is 14.5. The summed E-state index contributed by atoms with van der Waals surface area (Å²) in [5.41, 5.74) is 0.782. The minimum absolute atomic E-state index is 0.0316. The second kappa shape index (κ2) is 18.1. The Kier molecular flexibility index (Phi) is 15.9. The quantitative estimate of drug-likeness (QED) is 0.224. The van der Waals surface area contributed by atoms with E-state index in [9.17, 15) is 4.79 Å². The summed E-state index contributed by atoms with van der Waals surface area (Å²) in [6.45, 7) is 3.27. The standard InChI is InChI=1S/C24H40N2O3S/c1-3-4-5-6-7-8-9-10-11-12-13-17-23(27)26-24(30)25-21-15-14-16-22(20-21)29-19-18-28-2/h14-16,20H,3-13,17-19H2,1-2H3,(H2,25,26,27,30). The first-order chi connectivity index (χ1) is 14.7. The molecule has 5 nitrogen and oxygen atoms in total. The number of rotatable bonds is 17. The van der Waals surface area contributed by atoms with Gasteiger partial charge in [0.05, 0.1) is 6.61 Å². The summed E-state index contributed by atoms with van der Waals surface area (Å²) in [5, 5.41) is 6.11. The van der Waals surface area contributed by atoms with Crippen molar-refractivity contribution in [1.82, 2.24) is 5.32 Å². The predicted molar refractivity (Wildman–Crippen MR) is 129 cm³/mol. The van der Waals surface area contributed by atoms with Crippen LogP contribution in [0.5, 0.6) is 5.75 Å². The normalized spacial score (nSPS) is 10.6. The van der Waals surface area contributed by atoms with Gasteiger partial charge in [-0.2, -0.15) is 0 Å². The van der Waals surface area contributed by atoms with Crippen molar-refractivity contribution in [2.75, 3.05) is 25.6 Å². The molecule has 0 aliphatic carbocycles. The van der Waals surface area contributed by atoms with E-state index in [0.29, 0.717) is 24.7 Å². The molecule has 1 rings (SSSR count). The van der Waals surface area contributed by atoms with Gasteiger partial charge in [-0.15, -0.1) is 0 Å². The third-order valence-corrected chi connectivity index (χ3v) is 5.11. The van der Waals surface area contributed by atoms with E-state index in [0.717, 1.165) is 24.3 Å². The molecule has 6 heteroatoms. The van der Waals surface area contributed by atoms with Gasteiger partial charge in [0.25, 0.3) is 0 Å². The first-order valence-corrected chi connectivity index (χ1v) is 11.9. The van der Waals surface area contributed by atoms with E-state index in [2.05, 4.69) is 17.6 Å². The van der Waals surface area contributed by atoms with Crippen LogP contribution < -0.4 is 15.4 Å². The lowest BCUT2D eigenvalue weighted by Gasteiger charge is -2.11. The fourth-order valence-corrected chi connectivity index (χ4v) is 3.44. The van der Waals surface area contributed by atoms with E-state index in [1.807, 2.05) is 24.3 Å². The molecule has 170 valence electrons. The van der Waals surface area contributed by atoms with E-state index in [1.165, 1.54) is 57.8 Å². The Hall–Kier alpha value is -1.66. The third kappa shape index (κ3) is 14.3. The number of carbonyl (C=O) groups excluding carboxylic acids is 1. The zero-order valence-corrected chi connectivity index (χ0v) is 19.7. The van der Waals surface area contributed by atoms with Crippen LogP contribution in [0.3, 0.4) is 0 Å². The topological polar surface area (TPSA) is 59.6 Å². The van der Waals surface area contributed by atoms with Crippen molar-refractivity contribution in [3.05, 3.63) is 24.3 Å². The molecule has 0 aliphatic heterocycles. The van der Waals surface area contributed by atoms with Gasteiger partial charge in [0, 0.05) is 25.3 Å². The molecule has 1 aromatic carbocycles. The van der Waals surface area contributed by atoms with Crippen LogP contribution in [0.2, 0.25) is 0 Å². The molecule has 30 heavy (non-hydrogen) atoms. The summed E-state index contributed by atoms with van der Waals surface area (Å²) in [6, 6.07) is 7.47. The van der Waals surface area contributed by atoms with Crippen molar-refractivity contribution in [3.63, 3.8) is 0 Å². The Balaban J connectivity index is 2.07. The number of methoxy groups -OCH3 is 1. The molecule has 0 aromatic heterocycles. The van der Waals surface area contributed by atoms with Gasteiger partial charge in [-0.3, -0.25) is 4.79 Å². The molecular weight excluding hydrogens is 396 g/mol.